The molecule has 1 rings (SSSR count). The summed E-state index contributed by atoms with van der Waals surface area (Å²) < 4.78 is 15.4. The van der Waals surface area contributed by atoms with Gasteiger partial charge in [-0.15, -0.1) is 0 Å². The van der Waals surface area contributed by atoms with E-state index in [0.29, 0.717) is 12.4 Å². The highest BCUT2D eigenvalue weighted by Crippen LogP contribution is 2.24. The fraction of sp³-hybridized carbons (Fsp3) is 0.667. The van der Waals surface area contributed by atoms with E-state index in [4.69, 9.17) is 14.2 Å². The molecule has 1 unspecified atom stereocenters. The van der Waals surface area contributed by atoms with Crippen molar-refractivity contribution < 1.29 is 23.8 Å². The summed E-state index contributed by atoms with van der Waals surface area (Å²) in [5, 5.41) is 0. The van der Waals surface area contributed by atoms with Gasteiger partial charge >= 0.3 is 11.9 Å². The Hall–Kier alpha value is -1.01. The molecule has 1 atom stereocenters. The van der Waals surface area contributed by atoms with Crippen LogP contribution < -0.4 is 0 Å². The number of esters is 2. The number of ether oxygens (including phenoxy) is 3. The standard InChI is InChI=1S/C12H18O5S/c1-9(2)11(14)15-7-10(13)17-12(3)8-18-6-4-5-16-12/h1,4-8H2,2-3H3. The number of carbonyl (C=O) groups is 2. The Kier molecular flexibility index (Phi) is 5.68. The van der Waals surface area contributed by atoms with Gasteiger partial charge in [0.15, 0.2) is 6.61 Å². The van der Waals surface area contributed by atoms with E-state index < -0.39 is 24.3 Å². The van der Waals surface area contributed by atoms with Crippen molar-refractivity contribution in [3.63, 3.8) is 0 Å². The second-order valence-electron chi connectivity index (χ2n) is 4.22. The molecule has 6 heteroatoms. The highest BCUT2D eigenvalue weighted by Gasteiger charge is 2.31. The molecule has 102 valence electrons. The molecule has 0 saturated carbocycles. The molecule has 0 amide bonds. The monoisotopic (exact) mass is 274 g/mol. The third-order valence-corrected chi connectivity index (χ3v) is 3.51. The molecule has 0 spiro atoms. The first-order valence-corrected chi connectivity index (χ1v) is 6.84. The Labute approximate surface area is 111 Å². The van der Waals surface area contributed by atoms with Gasteiger partial charge in [-0.2, -0.15) is 11.8 Å². The largest absolute Gasteiger partial charge is 0.450 e. The summed E-state index contributed by atoms with van der Waals surface area (Å²) in [6.07, 6.45) is 0.933. The first-order valence-electron chi connectivity index (χ1n) is 5.69. The summed E-state index contributed by atoms with van der Waals surface area (Å²) in [4.78, 5) is 22.6. The fourth-order valence-electron chi connectivity index (χ4n) is 1.33. The number of rotatable bonds is 4. The van der Waals surface area contributed by atoms with Crippen molar-refractivity contribution in [2.75, 3.05) is 24.7 Å². The molecule has 1 fully saturated rings. The molecular formula is C12H18O5S. The third kappa shape index (κ3) is 5.10. The topological polar surface area (TPSA) is 61.8 Å². The molecule has 0 radical (unpaired) electrons. The van der Waals surface area contributed by atoms with Gasteiger partial charge in [0.05, 0.1) is 12.4 Å². The third-order valence-electron chi connectivity index (χ3n) is 2.20. The average molecular weight is 274 g/mol. The van der Waals surface area contributed by atoms with Gasteiger partial charge in [-0.1, -0.05) is 6.58 Å². The Balaban J connectivity index is 2.38. The highest BCUT2D eigenvalue weighted by molar-refractivity contribution is 7.99. The van der Waals surface area contributed by atoms with E-state index in [9.17, 15) is 9.59 Å². The minimum atomic E-state index is -0.937. The van der Waals surface area contributed by atoms with Gasteiger partial charge in [-0.3, -0.25) is 0 Å². The van der Waals surface area contributed by atoms with E-state index in [1.165, 1.54) is 6.92 Å². The zero-order valence-electron chi connectivity index (χ0n) is 10.7. The molecule has 1 aliphatic heterocycles. The minimum absolute atomic E-state index is 0.246. The molecule has 0 N–H and O–H groups in total. The van der Waals surface area contributed by atoms with Gasteiger partial charge < -0.3 is 14.2 Å². The van der Waals surface area contributed by atoms with Crippen molar-refractivity contribution in [1.82, 2.24) is 0 Å². The maximum Gasteiger partial charge on any atom is 0.346 e. The fourth-order valence-corrected chi connectivity index (χ4v) is 2.30. The van der Waals surface area contributed by atoms with Crippen LogP contribution in [0.25, 0.3) is 0 Å². The smallest absolute Gasteiger partial charge is 0.346 e. The number of thioether (sulfide) groups is 1. The maximum atomic E-state index is 11.5. The number of hydrogen-bond donors (Lipinski definition) is 0. The van der Waals surface area contributed by atoms with Gasteiger partial charge in [0.25, 0.3) is 0 Å². The van der Waals surface area contributed by atoms with E-state index in [0.717, 1.165) is 12.2 Å². The lowest BCUT2D eigenvalue weighted by Crippen LogP contribution is -2.38. The molecule has 0 aromatic rings. The molecule has 0 aromatic carbocycles. The first kappa shape index (κ1) is 15.0. The van der Waals surface area contributed by atoms with E-state index in [2.05, 4.69) is 6.58 Å². The quantitative estimate of drug-likeness (QED) is 0.572. The molecule has 0 aromatic heterocycles. The highest BCUT2D eigenvalue weighted by atomic mass is 32.2. The van der Waals surface area contributed by atoms with Crippen molar-refractivity contribution in [1.29, 1.82) is 0 Å². The lowest BCUT2D eigenvalue weighted by molar-refractivity contribution is -0.215. The van der Waals surface area contributed by atoms with Crippen LogP contribution in [0.1, 0.15) is 20.3 Å². The molecule has 5 nitrogen and oxygen atoms in total. The number of hydrogen-bond acceptors (Lipinski definition) is 6. The predicted molar refractivity (Wildman–Crippen MR) is 68.2 cm³/mol. The normalized spacial score (nSPS) is 23.9. The summed E-state index contributed by atoms with van der Waals surface area (Å²) in [5.74, 6) is -0.596. The molecule has 0 bridgehead atoms. The molecule has 1 heterocycles. The van der Waals surface area contributed by atoms with Crippen LogP contribution >= 0.6 is 11.8 Å². The van der Waals surface area contributed by atoms with E-state index in [-0.39, 0.29) is 5.57 Å². The summed E-state index contributed by atoms with van der Waals surface area (Å²) in [5.41, 5.74) is 0.246. The first-order chi connectivity index (χ1) is 8.43. The van der Waals surface area contributed by atoms with Gasteiger partial charge in [0.1, 0.15) is 0 Å². The second kappa shape index (κ2) is 6.80. The van der Waals surface area contributed by atoms with E-state index in [1.807, 2.05) is 0 Å². The molecule has 0 aliphatic carbocycles. The summed E-state index contributed by atoms with van der Waals surface area (Å²) in [6, 6.07) is 0. The van der Waals surface area contributed by atoms with Gasteiger partial charge in [0.2, 0.25) is 5.79 Å². The van der Waals surface area contributed by atoms with Gasteiger partial charge in [-0.25, -0.2) is 9.59 Å². The van der Waals surface area contributed by atoms with Crippen molar-refractivity contribution >= 4 is 23.7 Å². The number of carbonyl (C=O) groups excluding carboxylic acids is 2. The average Bonchev–Trinajstić information content (AvgIpc) is 2.50. The molecule has 1 saturated heterocycles. The predicted octanol–water partition coefficient (Wildman–Crippen LogP) is 1.52. The van der Waals surface area contributed by atoms with Crippen LogP contribution in [-0.2, 0) is 23.8 Å². The Morgan fingerprint density at radius 2 is 2.22 bits per heavy atom. The van der Waals surface area contributed by atoms with Crippen molar-refractivity contribution in [2.24, 2.45) is 0 Å². The molecule has 18 heavy (non-hydrogen) atoms. The lowest BCUT2D eigenvalue weighted by Gasteiger charge is -2.27. The zero-order chi connectivity index (χ0) is 13.6. The van der Waals surface area contributed by atoms with Crippen LogP contribution in [0.15, 0.2) is 12.2 Å². The van der Waals surface area contributed by atoms with E-state index in [1.54, 1.807) is 18.7 Å². The van der Waals surface area contributed by atoms with Crippen LogP contribution in [0.4, 0.5) is 0 Å². The Morgan fingerprint density at radius 1 is 1.50 bits per heavy atom. The Bertz CT molecular complexity index is 331. The van der Waals surface area contributed by atoms with Gasteiger partial charge in [-0.05, 0) is 19.1 Å². The second-order valence-corrected chi connectivity index (χ2v) is 5.32. The maximum absolute atomic E-state index is 11.5. The van der Waals surface area contributed by atoms with Crippen LogP contribution in [0, 0.1) is 0 Å². The zero-order valence-corrected chi connectivity index (χ0v) is 11.5. The molecular weight excluding hydrogens is 256 g/mol. The van der Waals surface area contributed by atoms with Crippen molar-refractivity contribution in [3.05, 3.63) is 12.2 Å². The Morgan fingerprint density at radius 3 is 2.89 bits per heavy atom. The SMILES string of the molecule is C=C(C)C(=O)OCC(=O)OC1(C)CSCCCO1. The minimum Gasteiger partial charge on any atom is -0.450 e. The van der Waals surface area contributed by atoms with E-state index >= 15 is 0 Å². The summed E-state index contributed by atoms with van der Waals surface area (Å²) in [7, 11) is 0. The molecule has 1 aliphatic rings. The van der Waals surface area contributed by atoms with Crippen LogP contribution in [0.5, 0.6) is 0 Å². The van der Waals surface area contributed by atoms with Crippen molar-refractivity contribution in [3.8, 4) is 0 Å². The van der Waals surface area contributed by atoms with Crippen LogP contribution in [-0.4, -0.2) is 42.4 Å². The van der Waals surface area contributed by atoms with Crippen LogP contribution in [0.3, 0.4) is 0 Å². The summed E-state index contributed by atoms with van der Waals surface area (Å²) >= 11 is 1.67. The lowest BCUT2D eigenvalue weighted by atomic mass is 10.3. The van der Waals surface area contributed by atoms with Gasteiger partial charge in [0, 0.05) is 12.5 Å². The van der Waals surface area contributed by atoms with Crippen molar-refractivity contribution in [2.45, 2.75) is 26.1 Å². The van der Waals surface area contributed by atoms with Crippen LogP contribution in [0.2, 0.25) is 0 Å². The summed E-state index contributed by atoms with van der Waals surface area (Å²) in [6.45, 7) is 6.78.